The molecule has 0 fully saturated rings. The van der Waals surface area contributed by atoms with Crippen molar-refractivity contribution in [1.29, 1.82) is 0 Å². The predicted molar refractivity (Wildman–Crippen MR) is 216 cm³/mol. The topological polar surface area (TPSA) is 21.7 Å². The van der Waals surface area contributed by atoms with Crippen LogP contribution in [0.2, 0.25) is 0 Å². The molecular weight excluding hydrogens is 633 g/mol. The molecular formula is C48H34BNO2. The zero-order valence-corrected chi connectivity index (χ0v) is 29.3. The molecule has 0 spiro atoms. The largest absolute Gasteiger partial charge is 0.458 e. The minimum atomic E-state index is -0.277. The molecule has 0 bridgehead atoms. The molecule has 11 rings (SSSR count). The summed E-state index contributed by atoms with van der Waals surface area (Å²) < 4.78 is 13.6. The van der Waals surface area contributed by atoms with E-state index in [0.29, 0.717) is 0 Å². The zero-order valence-electron chi connectivity index (χ0n) is 29.3. The van der Waals surface area contributed by atoms with E-state index in [4.69, 9.17) is 9.47 Å². The number of fused-ring (bicyclic) bond motifs is 11. The molecule has 0 amide bonds. The van der Waals surface area contributed by atoms with E-state index in [1.165, 1.54) is 60.4 Å². The van der Waals surface area contributed by atoms with E-state index in [-0.39, 0.29) is 12.1 Å². The van der Waals surface area contributed by atoms with Gasteiger partial charge in [0, 0.05) is 27.6 Å². The minimum absolute atomic E-state index is 0.0204. The first-order valence-corrected chi connectivity index (χ1v) is 18.1. The van der Waals surface area contributed by atoms with E-state index in [2.05, 4.69) is 177 Å². The van der Waals surface area contributed by atoms with Crippen molar-refractivity contribution in [2.24, 2.45) is 0 Å². The number of aryl methyl sites for hydroxylation is 1. The smallest absolute Gasteiger partial charge is 0.261 e. The predicted octanol–water partition coefficient (Wildman–Crippen LogP) is 10.8. The monoisotopic (exact) mass is 667 g/mol. The Kier molecular flexibility index (Phi) is 6.03. The van der Waals surface area contributed by atoms with Gasteiger partial charge in [0.1, 0.15) is 23.0 Å². The molecule has 3 aliphatic rings. The average molecular weight is 668 g/mol. The maximum Gasteiger partial charge on any atom is 0.261 e. The van der Waals surface area contributed by atoms with Crippen LogP contribution in [0.15, 0.2) is 152 Å². The summed E-state index contributed by atoms with van der Waals surface area (Å²) in [6.07, 6.45) is 0. The van der Waals surface area contributed by atoms with E-state index in [1.807, 2.05) is 0 Å². The molecule has 0 N–H and O–H groups in total. The molecule has 8 aromatic rings. The van der Waals surface area contributed by atoms with Gasteiger partial charge < -0.3 is 14.4 Å². The molecule has 0 radical (unpaired) electrons. The van der Waals surface area contributed by atoms with Crippen molar-refractivity contribution >= 4 is 61.7 Å². The van der Waals surface area contributed by atoms with Crippen molar-refractivity contribution in [3.63, 3.8) is 0 Å². The number of rotatable bonds is 3. The molecule has 4 heteroatoms. The van der Waals surface area contributed by atoms with Crippen LogP contribution in [-0.2, 0) is 5.41 Å². The lowest BCUT2D eigenvalue weighted by atomic mass is 9.34. The Morgan fingerprint density at radius 3 is 1.85 bits per heavy atom. The third-order valence-corrected chi connectivity index (χ3v) is 11.6. The highest BCUT2D eigenvalue weighted by Gasteiger charge is 2.45. The molecule has 52 heavy (non-hydrogen) atoms. The second kappa shape index (κ2) is 10.6. The lowest BCUT2D eigenvalue weighted by molar-refractivity contribution is 0.464. The second-order valence-electron chi connectivity index (χ2n) is 14.9. The molecule has 0 saturated heterocycles. The van der Waals surface area contributed by atoms with Gasteiger partial charge in [-0.1, -0.05) is 111 Å². The van der Waals surface area contributed by atoms with Crippen molar-refractivity contribution < 1.29 is 9.47 Å². The van der Waals surface area contributed by atoms with Gasteiger partial charge in [-0.05, 0) is 116 Å². The van der Waals surface area contributed by atoms with Crippen LogP contribution in [-0.4, -0.2) is 6.71 Å². The van der Waals surface area contributed by atoms with Crippen molar-refractivity contribution in [3.05, 3.63) is 168 Å². The number of hydrogen-bond donors (Lipinski definition) is 0. The molecule has 0 atom stereocenters. The summed E-state index contributed by atoms with van der Waals surface area (Å²) in [6.45, 7) is 6.87. The van der Waals surface area contributed by atoms with Crippen LogP contribution in [0.5, 0.6) is 23.0 Å². The second-order valence-corrected chi connectivity index (χ2v) is 14.9. The van der Waals surface area contributed by atoms with Crippen LogP contribution in [0.3, 0.4) is 0 Å². The average Bonchev–Trinajstić information content (AvgIpc) is 3.39. The molecule has 0 saturated carbocycles. The van der Waals surface area contributed by atoms with E-state index < -0.39 is 0 Å². The summed E-state index contributed by atoms with van der Waals surface area (Å²) in [6, 6.07) is 54.9. The van der Waals surface area contributed by atoms with Crippen LogP contribution in [0.4, 0.5) is 17.1 Å². The first kappa shape index (κ1) is 29.5. The van der Waals surface area contributed by atoms with Crippen LogP contribution in [0, 0.1) is 6.92 Å². The number of benzene rings is 8. The lowest BCUT2D eigenvalue weighted by Crippen LogP contribution is -2.57. The highest BCUT2D eigenvalue weighted by atomic mass is 16.5. The third kappa shape index (κ3) is 4.03. The van der Waals surface area contributed by atoms with Crippen LogP contribution < -0.4 is 30.8 Å². The first-order valence-electron chi connectivity index (χ1n) is 18.1. The minimum Gasteiger partial charge on any atom is -0.458 e. The highest BCUT2D eigenvalue weighted by Crippen LogP contribution is 2.55. The number of anilines is 3. The quantitative estimate of drug-likeness (QED) is 0.175. The SMILES string of the molecule is Cc1cc2c3c(c1)Oc1ccc4ccccc4c1B3c1cc3c(cc1O2)-c1c(cc(N(c2ccccc2)c2ccccc2)c2ccccc12)C3(C)C. The van der Waals surface area contributed by atoms with Gasteiger partial charge in [0.25, 0.3) is 6.71 Å². The lowest BCUT2D eigenvalue weighted by Gasteiger charge is -2.35. The Morgan fingerprint density at radius 2 is 1.13 bits per heavy atom. The molecule has 8 aromatic carbocycles. The maximum atomic E-state index is 6.94. The van der Waals surface area contributed by atoms with Crippen molar-refractivity contribution in [2.45, 2.75) is 26.2 Å². The fourth-order valence-corrected chi connectivity index (χ4v) is 9.23. The summed E-state index contributed by atoms with van der Waals surface area (Å²) >= 11 is 0. The zero-order chi connectivity index (χ0) is 34.7. The summed E-state index contributed by atoms with van der Waals surface area (Å²) in [4.78, 5) is 2.40. The van der Waals surface area contributed by atoms with Gasteiger partial charge in [-0.3, -0.25) is 0 Å². The number of nitrogens with zero attached hydrogens (tertiary/aromatic N) is 1. The Hall–Kier alpha value is -6.26. The van der Waals surface area contributed by atoms with Gasteiger partial charge in [0.15, 0.2) is 0 Å². The van der Waals surface area contributed by atoms with Crippen molar-refractivity contribution in [3.8, 4) is 34.1 Å². The molecule has 0 aromatic heterocycles. The van der Waals surface area contributed by atoms with Crippen molar-refractivity contribution in [2.75, 3.05) is 4.90 Å². The molecule has 1 aliphatic carbocycles. The fraction of sp³-hybridized carbons (Fsp3) is 0.0833. The number of ether oxygens (including phenoxy) is 2. The third-order valence-electron chi connectivity index (χ3n) is 11.6. The molecule has 2 heterocycles. The fourth-order valence-electron chi connectivity index (χ4n) is 9.23. The van der Waals surface area contributed by atoms with Gasteiger partial charge in [0.2, 0.25) is 0 Å². The Balaban J connectivity index is 1.18. The normalized spacial score (nSPS) is 14.1. The number of hydrogen-bond acceptors (Lipinski definition) is 3. The van der Waals surface area contributed by atoms with E-state index in [0.717, 1.165) is 45.4 Å². The van der Waals surface area contributed by atoms with Gasteiger partial charge in [0.05, 0.1) is 5.69 Å². The summed E-state index contributed by atoms with van der Waals surface area (Å²) in [7, 11) is 0. The van der Waals surface area contributed by atoms with E-state index >= 15 is 0 Å². The van der Waals surface area contributed by atoms with Crippen LogP contribution in [0.25, 0.3) is 32.7 Å². The van der Waals surface area contributed by atoms with E-state index in [9.17, 15) is 0 Å². The first-order chi connectivity index (χ1) is 25.5. The summed E-state index contributed by atoms with van der Waals surface area (Å²) in [5, 5.41) is 4.89. The number of para-hydroxylation sites is 2. The summed E-state index contributed by atoms with van der Waals surface area (Å²) in [5.41, 5.74) is 13.0. The van der Waals surface area contributed by atoms with Crippen LogP contribution in [0.1, 0.15) is 30.5 Å². The Labute approximate surface area is 303 Å². The standard InChI is InChI=1S/C48H34BNO2/c1-29-24-43-47-44(25-29)52-42-26-36-37(27-39(42)49(47)46-33-19-11-10-14-30(33)22-23-41(46)51-43)48(2,3)38-28-40(34-20-12-13-21-35(34)45(36)38)50(31-15-6-4-7-16-31)32-17-8-5-9-18-32/h4-28H,1-3H3. The van der Waals surface area contributed by atoms with Gasteiger partial charge in [-0.25, -0.2) is 0 Å². The van der Waals surface area contributed by atoms with Crippen LogP contribution >= 0.6 is 0 Å². The van der Waals surface area contributed by atoms with Crippen molar-refractivity contribution in [1.82, 2.24) is 0 Å². The molecule has 0 unspecified atom stereocenters. The van der Waals surface area contributed by atoms with Gasteiger partial charge in [-0.15, -0.1) is 0 Å². The van der Waals surface area contributed by atoms with E-state index in [1.54, 1.807) is 0 Å². The molecule has 3 nitrogen and oxygen atoms in total. The van der Waals surface area contributed by atoms with Gasteiger partial charge in [-0.2, -0.15) is 0 Å². The summed E-state index contributed by atoms with van der Waals surface area (Å²) in [5.74, 6) is 3.60. The van der Waals surface area contributed by atoms with Gasteiger partial charge >= 0.3 is 0 Å². The Morgan fingerprint density at radius 1 is 0.519 bits per heavy atom. The maximum absolute atomic E-state index is 6.94. The Bertz CT molecular complexity index is 2750. The molecule has 246 valence electrons. The highest BCUT2D eigenvalue weighted by molar-refractivity contribution is 6.99. The molecule has 2 aliphatic heterocycles.